The highest BCUT2D eigenvalue weighted by Gasteiger charge is 2.28. The summed E-state index contributed by atoms with van der Waals surface area (Å²) in [5, 5.41) is 10.9. The van der Waals surface area contributed by atoms with Gasteiger partial charge in [-0.1, -0.05) is 11.8 Å². The van der Waals surface area contributed by atoms with Crippen LogP contribution < -0.4 is 10.2 Å². The summed E-state index contributed by atoms with van der Waals surface area (Å²) >= 11 is 1.40. The number of hydrazine groups is 1. The van der Waals surface area contributed by atoms with Crippen LogP contribution in [-0.4, -0.2) is 40.6 Å². The van der Waals surface area contributed by atoms with Crippen LogP contribution >= 0.6 is 11.8 Å². The number of alkyl halides is 3. The third kappa shape index (κ3) is 4.49. The van der Waals surface area contributed by atoms with Crippen molar-refractivity contribution in [1.82, 2.24) is 5.17 Å². The number of hydrogen-bond acceptors (Lipinski definition) is 6. The molecule has 110 valence electrons. The molecule has 0 unspecified atom stereocenters. The molecule has 0 aromatic heterocycles. The zero-order valence-corrected chi connectivity index (χ0v) is 11.0. The van der Waals surface area contributed by atoms with Crippen LogP contribution in [-0.2, 0) is 0 Å². The van der Waals surface area contributed by atoms with Crippen LogP contribution in [0.5, 0.6) is 5.75 Å². The lowest BCUT2D eigenvalue weighted by Crippen LogP contribution is -2.30. The van der Waals surface area contributed by atoms with Crippen molar-refractivity contribution in [3.63, 3.8) is 0 Å². The molecule has 0 amide bonds. The minimum atomic E-state index is -4.36. The van der Waals surface area contributed by atoms with E-state index in [0.717, 1.165) is 10.9 Å². The van der Waals surface area contributed by atoms with Gasteiger partial charge < -0.3 is 4.74 Å². The first-order valence-corrected chi connectivity index (χ1v) is 6.65. The Bertz CT molecular complexity index is 479. The molecule has 1 aromatic rings. The average Bonchev–Trinajstić information content (AvgIpc) is 2.91. The number of halogens is 3. The highest BCUT2D eigenvalue weighted by atomic mass is 32.2. The van der Waals surface area contributed by atoms with E-state index in [4.69, 9.17) is 0 Å². The van der Waals surface area contributed by atoms with Crippen molar-refractivity contribution in [3.8, 4) is 5.75 Å². The minimum absolute atomic E-state index is 0.102. The molecule has 0 saturated heterocycles. The minimum Gasteiger partial charge on any atom is -0.484 e. The molecule has 1 heterocycles. The monoisotopic (exact) mass is 307 g/mol. The molecule has 1 aliphatic rings. The zero-order chi connectivity index (χ0) is 14.6. The first-order valence-electron chi connectivity index (χ1n) is 5.66. The number of nitrogens with one attached hydrogen (secondary N) is 1. The number of amidine groups is 1. The summed E-state index contributed by atoms with van der Waals surface area (Å²) in [5.74, 6) is 0.906. The smallest absolute Gasteiger partial charge is 0.422 e. The molecular formula is C11H12F3N3O2S. The van der Waals surface area contributed by atoms with Crippen molar-refractivity contribution in [2.24, 2.45) is 4.99 Å². The average molecular weight is 307 g/mol. The topological polar surface area (TPSA) is 57.1 Å². The third-order valence-electron chi connectivity index (χ3n) is 2.24. The van der Waals surface area contributed by atoms with Crippen molar-refractivity contribution in [2.75, 3.05) is 24.3 Å². The molecular weight excluding hydrogens is 295 g/mol. The second-order valence-corrected chi connectivity index (χ2v) is 4.93. The molecule has 1 aliphatic heterocycles. The van der Waals surface area contributed by atoms with Crippen molar-refractivity contribution < 1.29 is 23.1 Å². The Morgan fingerprint density at radius 2 is 2.05 bits per heavy atom. The van der Waals surface area contributed by atoms with E-state index < -0.39 is 12.8 Å². The van der Waals surface area contributed by atoms with Crippen LogP contribution in [0.4, 0.5) is 18.9 Å². The number of rotatable bonds is 4. The highest BCUT2D eigenvalue weighted by molar-refractivity contribution is 8.14. The Labute approximate surface area is 117 Å². The largest absolute Gasteiger partial charge is 0.484 e. The van der Waals surface area contributed by atoms with Crippen LogP contribution in [0.2, 0.25) is 0 Å². The second kappa shape index (κ2) is 6.23. The van der Waals surface area contributed by atoms with Gasteiger partial charge in [-0.25, -0.2) is 0 Å². The van der Waals surface area contributed by atoms with E-state index >= 15 is 0 Å². The van der Waals surface area contributed by atoms with Crippen molar-refractivity contribution in [3.05, 3.63) is 24.3 Å². The van der Waals surface area contributed by atoms with E-state index in [1.54, 1.807) is 0 Å². The number of nitrogens with zero attached hydrogens (tertiary/aromatic N) is 2. The molecule has 0 saturated carbocycles. The Morgan fingerprint density at radius 3 is 2.60 bits per heavy atom. The van der Waals surface area contributed by atoms with Crippen LogP contribution in [0, 0.1) is 0 Å². The lowest BCUT2D eigenvalue weighted by Gasteiger charge is -2.18. The number of hydrogen-bond donors (Lipinski definition) is 2. The molecule has 9 heteroatoms. The first-order chi connectivity index (χ1) is 9.44. The number of anilines is 1. The van der Waals surface area contributed by atoms with Gasteiger partial charge in [0.2, 0.25) is 5.17 Å². The van der Waals surface area contributed by atoms with Crippen LogP contribution in [0.15, 0.2) is 29.3 Å². The summed E-state index contributed by atoms with van der Waals surface area (Å²) in [6.07, 6.45) is -4.36. The maximum Gasteiger partial charge on any atom is 0.422 e. The fourth-order valence-electron chi connectivity index (χ4n) is 1.41. The van der Waals surface area contributed by atoms with Gasteiger partial charge in [0.15, 0.2) is 6.61 Å². The standard InChI is InChI=1S/C11H12F3N3O2S/c12-11(13,14)7-19-9-3-1-8(2-4-9)16-17(18)10-15-5-6-20-10/h1-4,16,18H,5-7H2. The summed E-state index contributed by atoms with van der Waals surface area (Å²) in [7, 11) is 0. The van der Waals surface area contributed by atoms with E-state index in [1.807, 2.05) is 0 Å². The van der Waals surface area contributed by atoms with Gasteiger partial charge in [0.05, 0.1) is 12.2 Å². The quantitative estimate of drug-likeness (QED) is 0.838. The molecule has 0 spiro atoms. The van der Waals surface area contributed by atoms with Gasteiger partial charge in [0.25, 0.3) is 0 Å². The van der Waals surface area contributed by atoms with E-state index in [2.05, 4.69) is 15.2 Å². The van der Waals surface area contributed by atoms with Gasteiger partial charge >= 0.3 is 6.18 Å². The fraction of sp³-hybridized carbons (Fsp3) is 0.364. The van der Waals surface area contributed by atoms with Crippen LogP contribution in [0.3, 0.4) is 0 Å². The highest BCUT2D eigenvalue weighted by Crippen LogP contribution is 2.21. The van der Waals surface area contributed by atoms with Gasteiger partial charge in [-0.15, -0.1) is 5.17 Å². The number of benzene rings is 1. The van der Waals surface area contributed by atoms with Gasteiger partial charge in [-0.05, 0) is 24.3 Å². The molecule has 0 aliphatic carbocycles. The van der Waals surface area contributed by atoms with Crippen molar-refractivity contribution in [1.29, 1.82) is 0 Å². The summed E-state index contributed by atoms with van der Waals surface area (Å²) < 4.78 is 40.5. The predicted octanol–water partition coefficient (Wildman–Crippen LogP) is 2.75. The summed E-state index contributed by atoms with van der Waals surface area (Å²) in [6.45, 7) is -0.692. The number of aliphatic imine (C=N–C) groups is 1. The number of hydroxylamine groups is 1. The Hall–Kier alpha value is -1.61. The predicted molar refractivity (Wildman–Crippen MR) is 70.0 cm³/mol. The van der Waals surface area contributed by atoms with E-state index in [-0.39, 0.29) is 5.75 Å². The molecule has 0 atom stereocenters. The van der Waals surface area contributed by atoms with Gasteiger partial charge in [-0.2, -0.15) is 13.2 Å². The molecule has 20 heavy (non-hydrogen) atoms. The lowest BCUT2D eigenvalue weighted by atomic mass is 10.3. The Balaban J connectivity index is 1.88. The third-order valence-corrected chi connectivity index (χ3v) is 3.19. The molecule has 0 bridgehead atoms. The van der Waals surface area contributed by atoms with Crippen LogP contribution in [0.1, 0.15) is 0 Å². The van der Waals surface area contributed by atoms with Gasteiger partial charge in [0.1, 0.15) is 5.75 Å². The number of thioether (sulfide) groups is 1. The normalized spacial score (nSPS) is 14.9. The SMILES string of the molecule is ON(Nc1ccc(OCC(F)(F)F)cc1)C1=NCCS1. The zero-order valence-electron chi connectivity index (χ0n) is 10.2. The Morgan fingerprint density at radius 1 is 1.35 bits per heavy atom. The second-order valence-electron chi connectivity index (χ2n) is 3.86. The van der Waals surface area contributed by atoms with Gasteiger partial charge in [-0.3, -0.25) is 15.6 Å². The summed E-state index contributed by atoms with van der Waals surface area (Å²) in [6, 6.07) is 5.75. The maximum absolute atomic E-state index is 12.0. The van der Waals surface area contributed by atoms with Crippen molar-refractivity contribution in [2.45, 2.75) is 6.18 Å². The van der Waals surface area contributed by atoms with E-state index in [0.29, 0.717) is 17.4 Å². The summed E-state index contributed by atoms with van der Waals surface area (Å²) in [5.41, 5.74) is 3.14. The van der Waals surface area contributed by atoms with Crippen molar-refractivity contribution >= 4 is 22.6 Å². The summed E-state index contributed by atoms with van der Waals surface area (Å²) in [4.78, 5) is 4.05. The van der Waals surface area contributed by atoms with Crippen LogP contribution in [0.25, 0.3) is 0 Å². The van der Waals surface area contributed by atoms with E-state index in [9.17, 15) is 18.4 Å². The molecule has 0 radical (unpaired) electrons. The molecule has 5 nitrogen and oxygen atoms in total. The molecule has 0 fully saturated rings. The molecule has 2 N–H and O–H groups in total. The van der Waals surface area contributed by atoms with E-state index in [1.165, 1.54) is 36.0 Å². The fourth-order valence-corrected chi connectivity index (χ4v) is 2.13. The lowest BCUT2D eigenvalue weighted by molar-refractivity contribution is -0.153. The Kier molecular flexibility index (Phi) is 4.61. The molecule has 2 rings (SSSR count). The maximum atomic E-state index is 12.0. The van der Waals surface area contributed by atoms with Gasteiger partial charge in [0, 0.05) is 5.75 Å². The molecule has 1 aromatic carbocycles. The first kappa shape index (κ1) is 14.8. The number of ether oxygens (including phenoxy) is 1.